The van der Waals surface area contributed by atoms with Crippen molar-refractivity contribution in [1.82, 2.24) is 8.86 Å². The van der Waals surface area contributed by atoms with Gasteiger partial charge in [-0.2, -0.15) is 0 Å². The molecule has 0 saturated carbocycles. The van der Waals surface area contributed by atoms with Crippen molar-refractivity contribution in [1.29, 1.82) is 0 Å². The highest BCUT2D eigenvalue weighted by molar-refractivity contribution is 7.14. The van der Waals surface area contributed by atoms with Gasteiger partial charge in [0.05, 0.1) is 10.1 Å². The maximum absolute atomic E-state index is 13.3. The van der Waals surface area contributed by atoms with E-state index in [1.807, 2.05) is 54.3 Å². The van der Waals surface area contributed by atoms with Crippen LogP contribution in [0.1, 0.15) is 24.9 Å². The minimum absolute atomic E-state index is 0.0311. The molecule has 4 rings (SSSR count). The van der Waals surface area contributed by atoms with E-state index in [0.717, 1.165) is 28.5 Å². The number of aryl methyl sites for hydroxylation is 1. The molecule has 1 amide bonds. The highest BCUT2D eigenvalue weighted by atomic mass is 35.5. The lowest BCUT2D eigenvalue weighted by atomic mass is 10.1. The van der Waals surface area contributed by atoms with Gasteiger partial charge in [-0.25, -0.2) is 0 Å². The van der Waals surface area contributed by atoms with Crippen LogP contribution in [-0.4, -0.2) is 40.9 Å². The number of anilines is 1. The van der Waals surface area contributed by atoms with Gasteiger partial charge in [0.2, 0.25) is 5.91 Å². The van der Waals surface area contributed by atoms with Crippen molar-refractivity contribution in [2.24, 2.45) is 0 Å². The van der Waals surface area contributed by atoms with E-state index in [1.54, 1.807) is 3.96 Å². The predicted octanol–water partition coefficient (Wildman–Crippen LogP) is 4.32. The van der Waals surface area contributed by atoms with Crippen LogP contribution in [0.2, 0.25) is 5.02 Å². The third-order valence-electron chi connectivity index (χ3n) is 5.57. The lowest BCUT2D eigenvalue weighted by molar-refractivity contribution is -0.135. The molecule has 2 aromatic carbocycles. The van der Waals surface area contributed by atoms with Crippen LogP contribution in [-0.2, 0) is 4.79 Å². The van der Waals surface area contributed by atoms with Gasteiger partial charge < -0.3 is 9.80 Å². The smallest absolute Gasteiger partial charge is 0.269 e. The lowest BCUT2D eigenvalue weighted by Gasteiger charge is -2.38. The van der Waals surface area contributed by atoms with Crippen molar-refractivity contribution in [3.05, 3.63) is 63.4 Å². The van der Waals surface area contributed by atoms with Gasteiger partial charge in [0.25, 0.3) is 5.56 Å². The molecule has 152 valence electrons. The van der Waals surface area contributed by atoms with Gasteiger partial charge in [0.15, 0.2) is 0 Å². The summed E-state index contributed by atoms with van der Waals surface area (Å²) in [6, 6.07) is 13.0. The van der Waals surface area contributed by atoms with Crippen molar-refractivity contribution in [2.45, 2.75) is 26.3 Å². The summed E-state index contributed by atoms with van der Waals surface area (Å²) in [5, 5.41) is 1.41. The van der Waals surface area contributed by atoms with Gasteiger partial charge >= 0.3 is 0 Å². The molecule has 0 bridgehead atoms. The fourth-order valence-electron chi connectivity index (χ4n) is 3.94. The van der Waals surface area contributed by atoms with Crippen molar-refractivity contribution >= 4 is 44.8 Å². The SMILES string of the molecule is CCC(C(=O)N1CCN(c2cc(Cl)ccc2C)CC1)n1sc2ccccc2c1=O. The number of benzene rings is 2. The van der Waals surface area contributed by atoms with E-state index in [-0.39, 0.29) is 11.5 Å². The van der Waals surface area contributed by atoms with Crippen molar-refractivity contribution in [3.8, 4) is 0 Å². The van der Waals surface area contributed by atoms with Gasteiger partial charge in [-0.3, -0.25) is 13.5 Å². The molecule has 5 nitrogen and oxygen atoms in total. The summed E-state index contributed by atoms with van der Waals surface area (Å²) in [6.45, 7) is 6.83. The van der Waals surface area contributed by atoms with E-state index >= 15 is 0 Å². The first-order valence-electron chi connectivity index (χ1n) is 9.90. The number of hydrogen-bond acceptors (Lipinski definition) is 4. The van der Waals surface area contributed by atoms with Crippen molar-refractivity contribution < 1.29 is 4.79 Å². The van der Waals surface area contributed by atoms with Gasteiger partial charge in [-0.05, 0) is 43.2 Å². The molecule has 1 unspecified atom stereocenters. The topological polar surface area (TPSA) is 45.6 Å². The summed E-state index contributed by atoms with van der Waals surface area (Å²) >= 11 is 7.55. The molecule has 7 heteroatoms. The molecule has 0 spiro atoms. The Kier molecular flexibility index (Phi) is 5.65. The molecule has 29 heavy (non-hydrogen) atoms. The molecule has 1 aliphatic rings. The molecular weight excluding hydrogens is 406 g/mol. The zero-order valence-electron chi connectivity index (χ0n) is 16.6. The monoisotopic (exact) mass is 429 g/mol. The molecule has 1 atom stereocenters. The maximum Gasteiger partial charge on any atom is 0.269 e. The van der Waals surface area contributed by atoms with E-state index in [2.05, 4.69) is 11.8 Å². The highest BCUT2D eigenvalue weighted by Crippen LogP contribution is 2.27. The molecule has 0 N–H and O–H groups in total. The third kappa shape index (κ3) is 3.79. The van der Waals surface area contributed by atoms with Crippen molar-refractivity contribution in [3.63, 3.8) is 0 Å². The maximum atomic E-state index is 13.3. The van der Waals surface area contributed by atoms with E-state index in [9.17, 15) is 9.59 Å². The van der Waals surface area contributed by atoms with Crippen LogP contribution in [0.4, 0.5) is 5.69 Å². The van der Waals surface area contributed by atoms with Crippen LogP contribution in [0.3, 0.4) is 0 Å². The number of piperazine rings is 1. The first kappa shape index (κ1) is 20.0. The second-order valence-electron chi connectivity index (χ2n) is 7.39. The highest BCUT2D eigenvalue weighted by Gasteiger charge is 2.30. The fraction of sp³-hybridized carbons (Fsp3) is 0.364. The number of carbonyl (C=O) groups is 1. The Hall–Kier alpha value is -2.31. The van der Waals surface area contributed by atoms with E-state index in [4.69, 9.17) is 11.6 Å². The summed E-state index contributed by atoms with van der Waals surface area (Å²) in [5.74, 6) is 0.0311. The molecule has 2 heterocycles. The average Bonchev–Trinajstić information content (AvgIpc) is 3.07. The Balaban J connectivity index is 1.51. The normalized spacial score (nSPS) is 15.7. The first-order valence-corrected chi connectivity index (χ1v) is 11.0. The summed E-state index contributed by atoms with van der Waals surface area (Å²) in [6.07, 6.45) is 0.596. The fourth-order valence-corrected chi connectivity index (χ4v) is 5.26. The Morgan fingerprint density at radius 2 is 1.86 bits per heavy atom. The van der Waals surface area contributed by atoms with Gasteiger partial charge in [0, 0.05) is 36.9 Å². The zero-order valence-corrected chi connectivity index (χ0v) is 18.2. The number of rotatable bonds is 4. The van der Waals surface area contributed by atoms with Crippen LogP contribution in [0.15, 0.2) is 47.3 Å². The number of halogens is 1. The summed E-state index contributed by atoms with van der Waals surface area (Å²) < 4.78 is 2.57. The zero-order chi connectivity index (χ0) is 20.5. The Labute approximate surface area is 179 Å². The van der Waals surface area contributed by atoms with Crippen LogP contribution < -0.4 is 10.5 Å². The molecule has 0 aliphatic carbocycles. The summed E-state index contributed by atoms with van der Waals surface area (Å²) in [4.78, 5) is 30.2. The number of aromatic nitrogens is 1. The van der Waals surface area contributed by atoms with Crippen molar-refractivity contribution in [2.75, 3.05) is 31.1 Å². The van der Waals surface area contributed by atoms with Crippen LogP contribution in [0.5, 0.6) is 0 Å². The van der Waals surface area contributed by atoms with E-state index in [0.29, 0.717) is 24.9 Å². The number of amides is 1. The minimum atomic E-state index is -0.445. The predicted molar refractivity (Wildman–Crippen MR) is 120 cm³/mol. The number of carbonyl (C=O) groups excluding carboxylic acids is 1. The number of hydrogen-bond donors (Lipinski definition) is 0. The molecule has 1 aliphatic heterocycles. The molecular formula is C22H24ClN3O2S. The van der Waals surface area contributed by atoms with E-state index < -0.39 is 6.04 Å². The Bertz CT molecular complexity index is 1100. The Morgan fingerprint density at radius 1 is 1.14 bits per heavy atom. The summed E-state index contributed by atoms with van der Waals surface area (Å²) in [7, 11) is 0. The third-order valence-corrected chi connectivity index (χ3v) is 6.98. The second-order valence-corrected chi connectivity index (χ2v) is 8.84. The van der Waals surface area contributed by atoms with Gasteiger partial charge in [-0.15, -0.1) is 0 Å². The number of nitrogens with zero attached hydrogens (tertiary/aromatic N) is 3. The molecule has 3 aromatic rings. The molecule has 0 radical (unpaired) electrons. The lowest BCUT2D eigenvalue weighted by Crippen LogP contribution is -2.51. The van der Waals surface area contributed by atoms with Gasteiger partial charge in [-0.1, -0.05) is 48.3 Å². The van der Waals surface area contributed by atoms with Crippen LogP contribution >= 0.6 is 23.1 Å². The minimum Gasteiger partial charge on any atom is -0.368 e. The van der Waals surface area contributed by atoms with Crippen LogP contribution in [0.25, 0.3) is 10.1 Å². The van der Waals surface area contributed by atoms with E-state index in [1.165, 1.54) is 17.1 Å². The van der Waals surface area contributed by atoms with Crippen LogP contribution in [0, 0.1) is 6.92 Å². The molecule has 1 saturated heterocycles. The quantitative estimate of drug-likeness (QED) is 0.620. The molecule has 1 aromatic heterocycles. The first-order chi connectivity index (χ1) is 14.0. The molecule has 1 fully saturated rings. The average molecular weight is 430 g/mol. The summed E-state index contributed by atoms with van der Waals surface area (Å²) in [5.41, 5.74) is 2.23. The Morgan fingerprint density at radius 3 is 2.55 bits per heavy atom. The standard InChI is InChI=1S/C22H24ClN3O2S/c1-3-18(26-21(27)17-6-4-5-7-20(17)29-26)22(28)25-12-10-24(11-13-25)19-14-16(23)9-8-15(19)2/h4-9,14,18H,3,10-13H2,1-2H3. The number of fused-ring (bicyclic) bond motifs is 1. The van der Waals surface area contributed by atoms with Gasteiger partial charge in [0.1, 0.15) is 6.04 Å². The largest absolute Gasteiger partial charge is 0.368 e. The second kappa shape index (κ2) is 8.20.